The second-order valence-corrected chi connectivity index (χ2v) is 8.83. The maximum absolute atomic E-state index is 12.5. The first kappa shape index (κ1) is 22.8. The third kappa shape index (κ3) is 5.02. The molecule has 0 bridgehead atoms. The highest BCUT2D eigenvalue weighted by molar-refractivity contribution is 5.80. The van der Waals surface area contributed by atoms with Crippen LogP contribution in [0.2, 0.25) is 0 Å². The molecule has 0 heterocycles. The third-order valence-electron chi connectivity index (χ3n) is 6.77. The Balaban J connectivity index is 1.31. The summed E-state index contributed by atoms with van der Waals surface area (Å²) in [6.07, 6.45) is 2.13. The van der Waals surface area contributed by atoms with Crippen molar-refractivity contribution in [2.45, 2.75) is 57.0 Å². The van der Waals surface area contributed by atoms with Crippen LogP contribution in [0.5, 0.6) is 0 Å². The number of ether oxygens (including phenoxy) is 1. The minimum Gasteiger partial charge on any atom is -0.481 e. The molecular weight excluding hydrogens is 420 g/mol. The lowest BCUT2D eigenvalue weighted by Gasteiger charge is -2.21. The van der Waals surface area contributed by atoms with E-state index < -0.39 is 18.0 Å². The van der Waals surface area contributed by atoms with Crippen molar-refractivity contribution in [2.75, 3.05) is 6.61 Å². The van der Waals surface area contributed by atoms with Crippen molar-refractivity contribution in [3.63, 3.8) is 0 Å². The minimum absolute atomic E-state index is 0.0261. The number of carboxylic acid groups (broad SMARTS) is 1. The van der Waals surface area contributed by atoms with Crippen LogP contribution >= 0.6 is 0 Å². The van der Waals surface area contributed by atoms with Crippen molar-refractivity contribution in [3.05, 3.63) is 59.7 Å². The molecule has 3 atom stereocenters. The molecule has 2 aliphatic rings. The van der Waals surface area contributed by atoms with Crippen molar-refractivity contribution in [1.29, 1.82) is 0 Å². The number of alkyl carbamates (subject to hydrolysis) is 1. The van der Waals surface area contributed by atoms with Gasteiger partial charge in [-0.3, -0.25) is 9.59 Å². The normalized spacial score (nSPS) is 19.9. The Morgan fingerprint density at radius 1 is 1.03 bits per heavy atom. The molecule has 3 N–H and O–H groups in total. The number of aliphatic carboxylic acids is 1. The number of carbonyl (C=O) groups is 3. The molecule has 1 saturated carbocycles. The fourth-order valence-electron chi connectivity index (χ4n) is 5.02. The first-order valence-corrected chi connectivity index (χ1v) is 11.6. The van der Waals surface area contributed by atoms with Crippen LogP contribution in [-0.2, 0) is 14.3 Å². The molecular formula is C26H30N2O5. The molecule has 2 aromatic rings. The van der Waals surface area contributed by atoms with E-state index >= 15 is 0 Å². The summed E-state index contributed by atoms with van der Waals surface area (Å²) in [4.78, 5) is 36.3. The lowest BCUT2D eigenvalue weighted by molar-refractivity contribution is -0.142. The van der Waals surface area contributed by atoms with Crippen LogP contribution in [0.15, 0.2) is 48.5 Å². The van der Waals surface area contributed by atoms with E-state index in [1.807, 2.05) is 31.2 Å². The molecule has 2 amide bonds. The fraction of sp³-hybridized carbons (Fsp3) is 0.423. The quantitative estimate of drug-likeness (QED) is 0.563. The van der Waals surface area contributed by atoms with Gasteiger partial charge in [0.1, 0.15) is 6.61 Å². The molecule has 174 valence electrons. The lowest BCUT2D eigenvalue weighted by atomic mass is 9.98. The van der Waals surface area contributed by atoms with Gasteiger partial charge in [-0.05, 0) is 41.5 Å². The zero-order valence-corrected chi connectivity index (χ0v) is 18.8. The number of benzene rings is 2. The van der Waals surface area contributed by atoms with E-state index in [9.17, 15) is 19.5 Å². The number of fused-ring (bicyclic) bond motifs is 3. The Hall–Kier alpha value is -3.35. The molecule has 2 aromatic carbocycles. The van der Waals surface area contributed by atoms with Gasteiger partial charge in [-0.15, -0.1) is 0 Å². The van der Waals surface area contributed by atoms with Gasteiger partial charge in [-0.25, -0.2) is 4.79 Å². The third-order valence-corrected chi connectivity index (χ3v) is 6.77. The molecule has 7 heteroatoms. The van der Waals surface area contributed by atoms with Crippen LogP contribution in [0.3, 0.4) is 0 Å². The summed E-state index contributed by atoms with van der Waals surface area (Å²) in [5.41, 5.74) is 4.61. The van der Waals surface area contributed by atoms with Gasteiger partial charge in [-0.2, -0.15) is 0 Å². The summed E-state index contributed by atoms with van der Waals surface area (Å²) >= 11 is 0. The fourth-order valence-corrected chi connectivity index (χ4v) is 5.02. The average Bonchev–Trinajstić information content (AvgIpc) is 3.40. The molecule has 0 aromatic heterocycles. The van der Waals surface area contributed by atoms with Gasteiger partial charge >= 0.3 is 12.1 Å². The van der Waals surface area contributed by atoms with Crippen LogP contribution in [0.25, 0.3) is 11.1 Å². The van der Waals surface area contributed by atoms with Gasteiger partial charge < -0.3 is 20.5 Å². The second kappa shape index (κ2) is 10.1. The van der Waals surface area contributed by atoms with E-state index in [1.54, 1.807) is 0 Å². The molecule has 0 aliphatic heterocycles. The van der Waals surface area contributed by atoms with Crippen molar-refractivity contribution in [1.82, 2.24) is 10.6 Å². The SMILES string of the molecule is CCC(CC(=O)N[C@H]1CCC[C@H]1C(=O)O)NC(=O)OCC1c2ccccc2-c2ccccc21. The molecule has 0 radical (unpaired) electrons. The molecule has 4 rings (SSSR count). The number of amides is 2. The predicted octanol–water partition coefficient (Wildman–Crippen LogP) is 4.06. The number of rotatable bonds is 8. The first-order valence-electron chi connectivity index (χ1n) is 11.6. The second-order valence-electron chi connectivity index (χ2n) is 8.83. The number of hydrogen-bond acceptors (Lipinski definition) is 4. The highest BCUT2D eigenvalue weighted by atomic mass is 16.5. The summed E-state index contributed by atoms with van der Waals surface area (Å²) in [5, 5.41) is 14.9. The molecule has 0 spiro atoms. The average molecular weight is 451 g/mol. The van der Waals surface area contributed by atoms with Crippen molar-refractivity contribution in [2.24, 2.45) is 5.92 Å². The van der Waals surface area contributed by atoms with E-state index in [2.05, 4.69) is 34.9 Å². The van der Waals surface area contributed by atoms with Gasteiger partial charge in [0.15, 0.2) is 0 Å². The molecule has 1 unspecified atom stereocenters. The Labute approximate surface area is 193 Å². The summed E-state index contributed by atoms with van der Waals surface area (Å²) in [6.45, 7) is 2.10. The maximum Gasteiger partial charge on any atom is 0.407 e. The zero-order chi connectivity index (χ0) is 23.4. The van der Waals surface area contributed by atoms with E-state index in [-0.39, 0.29) is 36.9 Å². The Morgan fingerprint density at radius 3 is 2.27 bits per heavy atom. The highest BCUT2D eigenvalue weighted by Gasteiger charge is 2.34. The van der Waals surface area contributed by atoms with E-state index in [1.165, 1.54) is 0 Å². The summed E-state index contributed by atoms with van der Waals surface area (Å²) in [7, 11) is 0. The maximum atomic E-state index is 12.5. The number of carboxylic acids is 1. The largest absolute Gasteiger partial charge is 0.481 e. The Morgan fingerprint density at radius 2 is 1.67 bits per heavy atom. The monoisotopic (exact) mass is 450 g/mol. The summed E-state index contributed by atoms with van der Waals surface area (Å²) in [6, 6.07) is 15.6. The van der Waals surface area contributed by atoms with Crippen LogP contribution in [0.4, 0.5) is 4.79 Å². The van der Waals surface area contributed by atoms with E-state index in [4.69, 9.17) is 4.74 Å². The predicted molar refractivity (Wildman–Crippen MR) is 124 cm³/mol. The van der Waals surface area contributed by atoms with Crippen molar-refractivity contribution >= 4 is 18.0 Å². The molecule has 2 aliphatic carbocycles. The molecule has 1 fully saturated rings. The van der Waals surface area contributed by atoms with Gasteiger partial charge in [0, 0.05) is 24.4 Å². The molecule has 0 saturated heterocycles. The van der Waals surface area contributed by atoms with Crippen LogP contribution < -0.4 is 10.6 Å². The van der Waals surface area contributed by atoms with E-state index in [0.29, 0.717) is 19.3 Å². The van der Waals surface area contributed by atoms with Gasteiger partial charge in [0.2, 0.25) is 5.91 Å². The Kier molecular flexibility index (Phi) is 6.96. The zero-order valence-electron chi connectivity index (χ0n) is 18.8. The smallest absolute Gasteiger partial charge is 0.407 e. The molecule has 7 nitrogen and oxygen atoms in total. The van der Waals surface area contributed by atoms with Gasteiger partial charge in [0.25, 0.3) is 0 Å². The molecule has 33 heavy (non-hydrogen) atoms. The standard InChI is InChI=1S/C26H30N2O5/c1-2-16(14-24(29)28-23-13-7-12-21(23)25(30)31)27-26(32)33-15-22-19-10-5-3-8-17(19)18-9-4-6-11-20(18)22/h3-6,8-11,16,21-23H,2,7,12-15H2,1H3,(H,27,32)(H,28,29)(H,30,31)/t16?,21-,23+/m1/s1. The van der Waals surface area contributed by atoms with Gasteiger partial charge in [0.05, 0.1) is 5.92 Å². The first-order chi connectivity index (χ1) is 16.0. The van der Waals surface area contributed by atoms with Crippen molar-refractivity contribution in [3.8, 4) is 11.1 Å². The van der Waals surface area contributed by atoms with Crippen LogP contribution in [-0.4, -0.2) is 41.8 Å². The summed E-state index contributed by atoms with van der Waals surface area (Å²) in [5.74, 6) is -1.69. The number of nitrogens with one attached hydrogen (secondary N) is 2. The van der Waals surface area contributed by atoms with Crippen LogP contribution in [0, 0.1) is 5.92 Å². The lowest BCUT2D eigenvalue weighted by Crippen LogP contribution is -2.44. The minimum atomic E-state index is -0.874. The Bertz CT molecular complexity index is 991. The topological polar surface area (TPSA) is 105 Å². The van der Waals surface area contributed by atoms with Crippen molar-refractivity contribution < 1.29 is 24.2 Å². The number of hydrogen-bond donors (Lipinski definition) is 3. The van der Waals surface area contributed by atoms with Crippen LogP contribution in [0.1, 0.15) is 56.1 Å². The number of carbonyl (C=O) groups excluding carboxylic acids is 2. The highest BCUT2D eigenvalue weighted by Crippen LogP contribution is 2.44. The van der Waals surface area contributed by atoms with Gasteiger partial charge in [-0.1, -0.05) is 61.9 Å². The summed E-state index contributed by atoms with van der Waals surface area (Å²) < 4.78 is 5.58. The van der Waals surface area contributed by atoms with E-state index in [0.717, 1.165) is 28.7 Å².